The summed E-state index contributed by atoms with van der Waals surface area (Å²) in [5.74, 6) is 0.232. The number of Topliss-reactive ketones (excluding diaryl/α,β-unsaturated/α-hetero) is 1. The first-order valence-corrected chi connectivity index (χ1v) is 7.22. The highest BCUT2D eigenvalue weighted by Crippen LogP contribution is 2.39. The van der Waals surface area contributed by atoms with Crippen LogP contribution in [0.5, 0.6) is 0 Å². The Balaban J connectivity index is 2.07. The van der Waals surface area contributed by atoms with Crippen LogP contribution in [0.2, 0.25) is 0 Å². The van der Waals surface area contributed by atoms with Crippen molar-refractivity contribution in [3.8, 4) is 10.7 Å². The maximum absolute atomic E-state index is 12.0. The van der Waals surface area contributed by atoms with Crippen LogP contribution < -0.4 is 0 Å². The molecule has 0 atom stereocenters. The monoisotopic (exact) mass is 264 g/mol. The van der Waals surface area contributed by atoms with E-state index >= 15 is 0 Å². The molecule has 0 N–H and O–H groups in total. The average molecular weight is 264 g/mol. The molecule has 0 aromatic carbocycles. The van der Waals surface area contributed by atoms with E-state index in [2.05, 4.69) is 23.8 Å². The standard InChI is InChI=1S/C12H12N2OS2/c1-12(2)3-7-10(9(15)4-12)17-11(14-7)8-5-16-6-13-8/h5-6H,3-4H2,1-2H3. The minimum absolute atomic E-state index is 0.0392. The lowest BCUT2D eigenvalue weighted by molar-refractivity contribution is 0.0916. The van der Waals surface area contributed by atoms with E-state index in [1.165, 1.54) is 11.3 Å². The van der Waals surface area contributed by atoms with Crippen LogP contribution in [-0.4, -0.2) is 15.8 Å². The van der Waals surface area contributed by atoms with Crippen molar-refractivity contribution in [1.29, 1.82) is 0 Å². The summed E-state index contributed by atoms with van der Waals surface area (Å²) in [6, 6.07) is 0. The first kappa shape index (κ1) is 11.0. The first-order valence-electron chi connectivity index (χ1n) is 5.47. The number of thiazole rings is 2. The minimum Gasteiger partial charge on any atom is -0.293 e. The Kier molecular flexibility index (Phi) is 2.41. The summed E-state index contributed by atoms with van der Waals surface area (Å²) in [4.78, 5) is 21.7. The number of carbonyl (C=O) groups is 1. The lowest BCUT2D eigenvalue weighted by atomic mass is 9.78. The molecule has 0 spiro atoms. The molecule has 0 unspecified atom stereocenters. The van der Waals surface area contributed by atoms with Gasteiger partial charge in [0.05, 0.1) is 16.1 Å². The van der Waals surface area contributed by atoms with Gasteiger partial charge in [0.15, 0.2) is 5.78 Å². The Hall–Kier alpha value is -1.07. The quantitative estimate of drug-likeness (QED) is 0.792. The second kappa shape index (κ2) is 3.71. The second-order valence-corrected chi connectivity index (χ2v) is 6.83. The van der Waals surface area contributed by atoms with E-state index in [0.717, 1.165) is 27.7 Å². The summed E-state index contributed by atoms with van der Waals surface area (Å²) in [5, 5.41) is 2.85. The maximum atomic E-state index is 12.0. The fourth-order valence-corrected chi connectivity index (χ4v) is 3.75. The van der Waals surface area contributed by atoms with Crippen molar-refractivity contribution in [1.82, 2.24) is 9.97 Å². The number of fused-ring (bicyclic) bond motifs is 1. The maximum Gasteiger partial charge on any atom is 0.175 e. The number of aromatic nitrogens is 2. The van der Waals surface area contributed by atoms with Gasteiger partial charge in [-0.05, 0) is 11.8 Å². The van der Waals surface area contributed by atoms with Gasteiger partial charge >= 0.3 is 0 Å². The molecule has 0 bridgehead atoms. The predicted octanol–water partition coefficient (Wildman–Crippen LogP) is 3.42. The van der Waals surface area contributed by atoms with Crippen molar-refractivity contribution in [2.45, 2.75) is 26.7 Å². The van der Waals surface area contributed by atoms with E-state index in [1.54, 1.807) is 16.8 Å². The number of carbonyl (C=O) groups excluding carboxylic acids is 1. The first-order chi connectivity index (χ1) is 8.05. The van der Waals surface area contributed by atoms with E-state index < -0.39 is 0 Å². The van der Waals surface area contributed by atoms with Gasteiger partial charge in [0.2, 0.25) is 0 Å². The van der Waals surface area contributed by atoms with Crippen molar-refractivity contribution < 1.29 is 4.79 Å². The molecule has 2 aromatic heterocycles. The fourth-order valence-electron chi connectivity index (χ4n) is 2.15. The highest BCUT2D eigenvalue weighted by Gasteiger charge is 2.34. The number of hydrogen-bond donors (Lipinski definition) is 0. The topological polar surface area (TPSA) is 42.9 Å². The van der Waals surface area contributed by atoms with Gasteiger partial charge in [-0.25, -0.2) is 9.97 Å². The van der Waals surface area contributed by atoms with Crippen molar-refractivity contribution in [2.75, 3.05) is 0 Å². The third-order valence-corrected chi connectivity index (χ3v) is 4.63. The zero-order chi connectivity index (χ0) is 12.0. The molecule has 0 radical (unpaired) electrons. The van der Waals surface area contributed by atoms with Crippen LogP contribution >= 0.6 is 22.7 Å². The van der Waals surface area contributed by atoms with Crippen LogP contribution in [0.25, 0.3) is 10.7 Å². The Labute approximate surface area is 108 Å². The van der Waals surface area contributed by atoms with Crippen LogP contribution in [0.3, 0.4) is 0 Å². The molecule has 0 saturated carbocycles. The van der Waals surface area contributed by atoms with Crippen molar-refractivity contribution in [3.63, 3.8) is 0 Å². The second-order valence-electron chi connectivity index (χ2n) is 5.11. The molecular weight excluding hydrogens is 252 g/mol. The van der Waals surface area contributed by atoms with Crippen molar-refractivity contribution in [2.24, 2.45) is 5.41 Å². The predicted molar refractivity (Wildman–Crippen MR) is 69.7 cm³/mol. The van der Waals surface area contributed by atoms with Gasteiger partial charge in [0, 0.05) is 11.8 Å². The molecule has 3 rings (SSSR count). The summed E-state index contributed by atoms with van der Waals surface area (Å²) >= 11 is 3.04. The van der Waals surface area contributed by atoms with Gasteiger partial charge in [-0.1, -0.05) is 13.8 Å². The van der Waals surface area contributed by atoms with Gasteiger partial charge in [0.25, 0.3) is 0 Å². The van der Waals surface area contributed by atoms with Gasteiger partial charge in [0.1, 0.15) is 10.7 Å². The molecule has 2 heterocycles. The molecule has 88 valence electrons. The van der Waals surface area contributed by atoms with Crippen LogP contribution in [0.1, 0.15) is 35.6 Å². The Morgan fingerprint density at radius 2 is 2.18 bits per heavy atom. The Morgan fingerprint density at radius 1 is 1.35 bits per heavy atom. The summed E-state index contributed by atoms with van der Waals surface area (Å²) in [7, 11) is 0. The molecule has 2 aromatic rings. The highest BCUT2D eigenvalue weighted by molar-refractivity contribution is 7.17. The molecule has 5 heteroatoms. The Morgan fingerprint density at radius 3 is 2.88 bits per heavy atom. The molecule has 3 nitrogen and oxygen atoms in total. The normalized spacial score (nSPS) is 18.1. The van der Waals surface area contributed by atoms with Crippen LogP contribution in [0.15, 0.2) is 10.9 Å². The molecule has 0 amide bonds. The smallest absolute Gasteiger partial charge is 0.175 e. The van der Waals surface area contributed by atoms with E-state index in [4.69, 9.17) is 0 Å². The van der Waals surface area contributed by atoms with E-state index in [1.807, 2.05) is 5.38 Å². The largest absolute Gasteiger partial charge is 0.293 e. The third-order valence-electron chi connectivity index (χ3n) is 2.89. The van der Waals surface area contributed by atoms with Crippen molar-refractivity contribution >= 4 is 28.5 Å². The molecule has 0 aliphatic heterocycles. The minimum atomic E-state index is 0.0392. The van der Waals surface area contributed by atoms with Crippen LogP contribution in [-0.2, 0) is 6.42 Å². The molecule has 1 aliphatic rings. The van der Waals surface area contributed by atoms with E-state index in [-0.39, 0.29) is 11.2 Å². The SMILES string of the molecule is CC1(C)CC(=O)c2sc(-c3cscn3)nc2C1. The highest BCUT2D eigenvalue weighted by atomic mass is 32.1. The molecule has 0 saturated heterocycles. The Bertz CT molecular complexity index is 569. The zero-order valence-corrected chi connectivity index (χ0v) is 11.3. The van der Waals surface area contributed by atoms with Gasteiger partial charge < -0.3 is 0 Å². The third kappa shape index (κ3) is 1.93. The van der Waals surface area contributed by atoms with E-state index in [9.17, 15) is 4.79 Å². The summed E-state index contributed by atoms with van der Waals surface area (Å²) < 4.78 is 0. The summed E-state index contributed by atoms with van der Waals surface area (Å²) in [6.45, 7) is 4.24. The zero-order valence-electron chi connectivity index (χ0n) is 9.69. The van der Waals surface area contributed by atoms with Gasteiger partial charge in [-0.2, -0.15) is 0 Å². The average Bonchev–Trinajstić information content (AvgIpc) is 2.81. The fraction of sp³-hybridized carbons (Fsp3) is 0.417. The lowest BCUT2D eigenvalue weighted by Gasteiger charge is -2.26. The van der Waals surface area contributed by atoms with Crippen LogP contribution in [0.4, 0.5) is 0 Å². The number of ketones is 1. The number of hydrogen-bond acceptors (Lipinski definition) is 5. The number of nitrogens with zero attached hydrogens (tertiary/aromatic N) is 2. The molecule has 1 aliphatic carbocycles. The lowest BCUT2D eigenvalue weighted by Crippen LogP contribution is -2.25. The molecular formula is C12H12N2OS2. The van der Waals surface area contributed by atoms with Gasteiger partial charge in [-0.15, -0.1) is 22.7 Å². The van der Waals surface area contributed by atoms with Crippen molar-refractivity contribution in [3.05, 3.63) is 21.5 Å². The summed E-state index contributed by atoms with van der Waals surface area (Å²) in [5.41, 5.74) is 3.68. The van der Waals surface area contributed by atoms with Crippen LogP contribution in [0, 0.1) is 5.41 Å². The molecule has 17 heavy (non-hydrogen) atoms. The summed E-state index contributed by atoms with van der Waals surface area (Å²) in [6.07, 6.45) is 1.51. The van der Waals surface area contributed by atoms with E-state index in [0.29, 0.717) is 6.42 Å². The number of rotatable bonds is 1. The molecule has 0 fully saturated rings. The van der Waals surface area contributed by atoms with Gasteiger partial charge in [-0.3, -0.25) is 4.79 Å².